The van der Waals surface area contributed by atoms with E-state index in [1.807, 2.05) is 0 Å². The van der Waals surface area contributed by atoms with Crippen LogP contribution in [0.3, 0.4) is 0 Å². The molecule has 0 aromatic heterocycles. The van der Waals surface area contributed by atoms with Gasteiger partial charge in [-0.3, -0.25) is 4.79 Å². The molecule has 1 aliphatic heterocycles. The van der Waals surface area contributed by atoms with Gasteiger partial charge in [-0.2, -0.15) is 0 Å². The zero-order valence-electron chi connectivity index (χ0n) is 7.87. The standard InChI is InChI=1S/C11H10O3/c1-7-6-14-10-4-3-8(13-2)5-9(10)11(7)12/h3-5H,1,6H2,2H3. The van der Waals surface area contributed by atoms with Gasteiger partial charge >= 0.3 is 0 Å². The maximum Gasteiger partial charge on any atom is 0.195 e. The number of methoxy groups -OCH3 is 1. The summed E-state index contributed by atoms with van der Waals surface area (Å²) in [6.45, 7) is 3.91. The van der Waals surface area contributed by atoms with E-state index < -0.39 is 0 Å². The van der Waals surface area contributed by atoms with Crippen LogP contribution in [0.2, 0.25) is 0 Å². The second kappa shape index (κ2) is 3.18. The van der Waals surface area contributed by atoms with Crippen LogP contribution in [0.1, 0.15) is 10.4 Å². The van der Waals surface area contributed by atoms with E-state index in [2.05, 4.69) is 6.58 Å². The molecule has 1 aromatic rings. The molecule has 1 aliphatic rings. The number of carbonyl (C=O) groups is 1. The summed E-state index contributed by atoms with van der Waals surface area (Å²) in [5, 5.41) is 0. The molecule has 2 rings (SSSR count). The van der Waals surface area contributed by atoms with Crippen molar-refractivity contribution in [1.29, 1.82) is 0 Å². The summed E-state index contributed by atoms with van der Waals surface area (Å²) in [6.07, 6.45) is 0. The molecule has 0 atom stereocenters. The summed E-state index contributed by atoms with van der Waals surface area (Å²) in [5.74, 6) is 1.18. The van der Waals surface area contributed by atoms with Crippen molar-refractivity contribution in [1.82, 2.24) is 0 Å². The van der Waals surface area contributed by atoms with Crippen molar-refractivity contribution in [2.75, 3.05) is 13.7 Å². The first-order valence-corrected chi connectivity index (χ1v) is 4.25. The lowest BCUT2D eigenvalue weighted by molar-refractivity contribution is 0.0999. The third kappa shape index (κ3) is 1.27. The molecule has 0 fully saturated rings. The van der Waals surface area contributed by atoms with Crippen LogP contribution in [-0.4, -0.2) is 19.5 Å². The normalized spacial score (nSPS) is 14.6. The van der Waals surface area contributed by atoms with Gasteiger partial charge in [-0.15, -0.1) is 0 Å². The van der Waals surface area contributed by atoms with Crippen molar-refractivity contribution >= 4 is 5.78 Å². The number of benzene rings is 1. The molecule has 3 heteroatoms. The lowest BCUT2D eigenvalue weighted by Crippen LogP contribution is -2.18. The molecule has 0 radical (unpaired) electrons. The molecule has 0 N–H and O–H groups in total. The Morgan fingerprint density at radius 3 is 3.00 bits per heavy atom. The highest BCUT2D eigenvalue weighted by atomic mass is 16.5. The van der Waals surface area contributed by atoms with Gasteiger partial charge in [0, 0.05) is 5.57 Å². The first-order valence-electron chi connectivity index (χ1n) is 4.25. The average Bonchev–Trinajstić information content (AvgIpc) is 2.23. The minimum atomic E-state index is -0.0647. The van der Waals surface area contributed by atoms with Crippen LogP contribution < -0.4 is 9.47 Å². The van der Waals surface area contributed by atoms with Gasteiger partial charge in [0.1, 0.15) is 18.1 Å². The van der Waals surface area contributed by atoms with Gasteiger partial charge in [0.2, 0.25) is 0 Å². The SMILES string of the molecule is C=C1COc2ccc(OC)cc2C1=O. The number of hydrogen-bond donors (Lipinski definition) is 0. The molecule has 0 spiro atoms. The minimum Gasteiger partial charge on any atom is -0.497 e. The fourth-order valence-electron chi connectivity index (χ4n) is 1.36. The third-order valence-corrected chi connectivity index (χ3v) is 2.15. The molecule has 1 heterocycles. The molecule has 0 amide bonds. The molecular formula is C11H10O3. The smallest absolute Gasteiger partial charge is 0.195 e. The molecule has 1 aromatic carbocycles. The quantitative estimate of drug-likeness (QED) is 0.634. The fourth-order valence-corrected chi connectivity index (χ4v) is 1.36. The number of carbonyl (C=O) groups excluding carboxylic acids is 1. The molecule has 0 aliphatic carbocycles. The van der Waals surface area contributed by atoms with Gasteiger partial charge in [0.05, 0.1) is 12.7 Å². The summed E-state index contributed by atoms with van der Waals surface area (Å²) >= 11 is 0. The van der Waals surface area contributed by atoms with Crippen LogP contribution in [0.25, 0.3) is 0 Å². The van der Waals surface area contributed by atoms with Crippen molar-refractivity contribution in [3.05, 3.63) is 35.9 Å². The first kappa shape index (κ1) is 8.81. The van der Waals surface area contributed by atoms with Gasteiger partial charge in [-0.25, -0.2) is 0 Å². The molecule has 14 heavy (non-hydrogen) atoms. The van der Waals surface area contributed by atoms with Crippen LogP contribution in [0.4, 0.5) is 0 Å². The molecule has 0 saturated heterocycles. The van der Waals surface area contributed by atoms with Crippen molar-refractivity contribution in [3.8, 4) is 11.5 Å². The van der Waals surface area contributed by atoms with E-state index in [1.54, 1.807) is 25.3 Å². The van der Waals surface area contributed by atoms with Gasteiger partial charge in [0.15, 0.2) is 5.78 Å². The van der Waals surface area contributed by atoms with E-state index in [-0.39, 0.29) is 12.4 Å². The van der Waals surface area contributed by atoms with E-state index in [0.717, 1.165) is 0 Å². The summed E-state index contributed by atoms with van der Waals surface area (Å²) < 4.78 is 10.4. The largest absolute Gasteiger partial charge is 0.497 e. The van der Waals surface area contributed by atoms with Crippen molar-refractivity contribution in [2.45, 2.75) is 0 Å². The zero-order chi connectivity index (χ0) is 10.1. The Kier molecular flexibility index (Phi) is 2.00. The third-order valence-electron chi connectivity index (χ3n) is 2.15. The highest BCUT2D eigenvalue weighted by Gasteiger charge is 2.22. The van der Waals surface area contributed by atoms with Gasteiger partial charge < -0.3 is 9.47 Å². The van der Waals surface area contributed by atoms with E-state index in [4.69, 9.17) is 9.47 Å². The van der Waals surface area contributed by atoms with Crippen molar-refractivity contribution in [2.24, 2.45) is 0 Å². The Hall–Kier alpha value is -1.77. The average molecular weight is 190 g/mol. The van der Waals surface area contributed by atoms with E-state index in [9.17, 15) is 4.79 Å². The minimum absolute atomic E-state index is 0.0647. The van der Waals surface area contributed by atoms with Crippen LogP contribution in [0.5, 0.6) is 11.5 Å². The molecule has 3 nitrogen and oxygen atoms in total. The van der Waals surface area contributed by atoms with Crippen LogP contribution >= 0.6 is 0 Å². The first-order chi connectivity index (χ1) is 6.72. The monoisotopic (exact) mass is 190 g/mol. The maximum atomic E-state index is 11.6. The molecular weight excluding hydrogens is 180 g/mol. The predicted molar refractivity (Wildman–Crippen MR) is 52.0 cm³/mol. The van der Waals surface area contributed by atoms with Crippen molar-refractivity contribution in [3.63, 3.8) is 0 Å². The highest BCUT2D eigenvalue weighted by molar-refractivity contribution is 6.11. The number of ether oxygens (including phenoxy) is 2. The lowest BCUT2D eigenvalue weighted by Gasteiger charge is -2.18. The Morgan fingerprint density at radius 2 is 2.29 bits per heavy atom. The van der Waals surface area contributed by atoms with Gasteiger partial charge in [-0.05, 0) is 18.2 Å². The Morgan fingerprint density at radius 1 is 1.50 bits per heavy atom. The van der Waals surface area contributed by atoms with Crippen LogP contribution in [0.15, 0.2) is 30.4 Å². The highest BCUT2D eigenvalue weighted by Crippen LogP contribution is 2.29. The number of ketones is 1. The van der Waals surface area contributed by atoms with Gasteiger partial charge in [0.25, 0.3) is 0 Å². The lowest BCUT2D eigenvalue weighted by atomic mass is 10.0. The number of rotatable bonds is 1. The number of hydrogen-bond acceptors (Lipinski definition) is 3. The van der Waals surface area contributed by atoms with E-state index in [0.29, 0.717) is 22.6 Å². The Bertz CT molecular complexity index is 407. The topological polar surface area (TPSA) is 35.5 Å². The van der Waals surface area contributed by atoms with Crippen LogP contribution in [-0.2, 0) is 0 Å². The Balaban J connectivity index is 2.51. The summed E-state index contributed by atoms with van der Waals surface area (Å²) in [6, 6.07) is 5.17. The second-order valence-electron chi connectivity index (χ2n) is 3.08. The Labute approximate surface area is 81.9 Å². The summed E-state index contributed by atoms with van der Waals surface area (Å²) in [4.78, 5) is 11.6. The maximum absolute atomic E-state index is 11.6. The van der Waals surface area contributed by atoms with E-state index >= 15 is 0 Å². The molecule has 0 saturated carbocycles. The molecule has 0 unspecified atom stereocenters. The predicted octanol–water partition coefficient (Wildman–Crippen LogP) is 1.83. The van der Waals surface area contributed by atoms with Crippen molar-refractivity contribution < 1.29 is 14.3 Å². The summed E-state index contributed by atoms with van der Waals surface area (Å²) in [5.41, 5.74) is 1.01. The zero-order valence-corrected chi connectivity index (χ0v) is 7.87. The van der Waals surface area contributed by atoms with E-state index in [1.165, 1.54) is 0 Å². The second-order valence-corrected chi connectivity index (χ2v) is 3.08. The summed E-state index contributed by atoms with van der Waals surface area (Å²) in [7, 11) is 1.56. The number of fused-ring (bicyclic) bond motifs is 1. The molecule has 72 valence electrons. The number of Topliss-reactive ketones (excluding diaryl/α,β-unsaturated/α-hetero) is 1. The van der Waals surface area contributed by atoms with Crippen LogP contribution in [0, 0.1) is 0 Å². The fraction of sp³-hybridized carbons (Fsp3) is 0.182. The molecule has 0 bridgehead atoms. The van der Waals surface area contributed by atoms with Gasteiger partial charge in [-0.1, -0.05) is 6.58 Å².